The first-order valence-corrected chi connectivity index (χ1v) is 14.6. The van der Waals surface area contributed by atoms with Gasteiger partial charge in [-0.05, 0) is 74.4 Å². The Bertz CT molecular complexity index is 1520. The van der Waals surface area contributed by atoms with Crippen molar-refractivity contribution in [1.29, 1.82) is 0 Å². The number of sulfonamides is 1. The minimum absolute atomic E-state index is 0. The molecule has 1 spiro atoms. The Labute approximate surface area is 230 Å². The Kier molecular flexibility index (Phi) is 7.19. The number of anilines is 2. The van der Waals surface area contributed by atoms with Crippen molar-refractivity contribution < 1.29 is 25.2 Å². The Balaban J connectivity index is 0.00000231. The standard InChI is InChI=1S/C28H32FN5O4S.2H2/c1-18(2)17-38-21-15-19(14-20(29)16-21)23-9-8-22(26(31-23)34-13-5-12-28(34)10-4-11-28)27(35)33-39(36,37)25-7-3-6-24(30)32-25;;/h3,6-9,14-16,18H,4-5,10-13,17H2,1-2H3,(H2,30,32)(H,33,35);2*1H. The van der Waals surface area contributed by atoms with E-state index in [1.807, 2.05) is 13.8 Å². The van der Waals surface area contributed by atoms with E-state index in [4.69, 9.17) is 15.5 Å². The predicted octanol–water partition coefficient (Wildman–Crippen LogP) is 5.03. The van der Waals surface area contributed by atoms with Crippen LogP contribution in [0.5, 0.6) is 5.75 Å². The molecule has 2 aliphatic rings. The topological polar surface area (TPSA) is 128 Å². The van der Waals surface area contributed by atoms with Gasteiger partial charge in [-0.15, -0.1) is 0 Å². The third-order valence-electron chi connectivity index (χ3n) is 7.25. The van der Waals surface area contributed by atoms with Crippen molar-refractivity contribution in [2.45, 2.75) is 56.5 Å². The zero-order chi connectivity index (χ0) is 27.8. The van der Waals surface area contributed by atoms with E-state index in [0.29, 0.717) is 36.0 Å². The first-order valence-electron chi connectivity index (χ1n) is 13.1. The van der Waals surface area contributed by atoms with Crippen LogP contribution in [0.2, 0.25) is 0 Å². The molecule has 1 saturated heterocycles. The van der Waals surface area contributed by atoms with Crippen LogP contribution in [0, 0.1) is 11.7 Å². The molecule has 2 fully saturated rings. The molecule has 2 aromatic heterocycles. The van der Waals surface area contributed by atoms with E-state index in [1.165, 1.54) is 30.3 Å². The average molecular weight is 558 g/mol. The molecule has 1 aliphatic carbocycles. The van der Waals surface area contributed by atoms with Crippen LogP contribution in [0.25, 0.3) is 11.3 Å². The molecule has 0 atom stereocenters. The minimum atomic E-state index is -4.28. The molecule has 1 aliphatic heterocycles. The van der Waals surface area contributed by atoms with Crippen LogP contribution in [0.15, 0.2) is 53.6 Å². The van der Waals surface area contributed by atoms with Crippen LogP contribution in [0.4, 0.5) is 16.0 Å². The number of hydrogen-bond donors (Lipinski definition) is 2. The molecule has 3 heterocycles. The second-order valence-corrected chi connectivity index (χ2v) is 12.2. The molecular weight excluding hydrogens is 521 g/mol. The number of rotatable bonds is 8. The third kappa shape index (κ3) is 5.54. The van der Waals surface area contributed by atoms with Gasteiger partial charge in [-0.3, -0.25) is 4.79 Å². The van der Waals surface area contributed by atoms with Gasteiger partial charge in [0.25, 0.3) is 15.9 Å². The highest BCUT2D eigenvalue weighted by Gasteiger charge is 2.47. The quantitative estimate of drug-likeness (QED) is 0.395. The lowest BCUT2D eigenvalue weighted by Gasteiger charge is -2.47. The molecule has 3 aromatic rings. The highest BCUT2D eigenvalue weighted by atomic mass is 32.2. The van der Waals surface area contributed by atoms with Crippen molar-refractivity contribution in [2.24, 2.45) is 5.92 Å². The lowest BCUT2D eigenvalue weighted by molar-refractivity contribution is 0.0981. The summed E-state index contributed by atoms with van der Waals surface area (Å²) in [7, 11) is -4.28. The van der Waals surface area contributed by atoms with Gasteiger partial charge < -0.3 is 15.4 Å². The Morgan fingerprint density at radius 1 is 1.15 bits per heavy atom. The van der Waals surface area contributed by atoms with E-state index in [-0.39, 0.29) is 30.7 Å². The van der Waals surface area contributed by atoms with E-state index < -0.39 is 21.7 Å². The predicted molar refractivity (Wildman–Crippen MR) is 151 cm³/mol. The summed E-state index contributed by atoms with van der Waals surface area (Å²) in [5.74, 6) is -0.226. The zero-order valence-corrected chi connectivity index (χ0v) is 22.8. The number of nitrogens with two attached hydrogens (primary N) is 1. The molecule has 1 amide bonds. The lowest BCUT2D eigenvalue weighted by atomic mass is 9.75. The Morgan fingerprint density at radius 2 is 1.92 bits per heavy atom. The summed E-state index contributed by atoms with van der Waals surface area (Å²) in [6.07, 6.45) is 4.93. The fourth-order valence-electron chi connectivity index (χ4n) is 5.23. The molecule has 39 heavy (non-hydrogen) atoms. The number of carbonyl (C=O) groups is 1. The van der Waals surface area contributed by atoms with E-state index in [2.05, 4.69) is 14.6 Å². The molecule has 0 unspecified atom stereocenters. The summed E-state index contributed by atoms with van der Waals surface area (Å²) < 4.78 is 48.3. The van der Waals surface area contributed by atoms with Crippen molar-refractivity contribution in [3.05, 3.63) is 59.9 Å². The number of hydrogen-bond acceptors (Lipinski definition) is 8. The second kappa shape index (κ2) is 10.4. The van der Waals surface area contributed by atoms with Gasteiger partial charge in [0.2, 0.25) is 0 Å². The summed E-state index contributed by atoms with van der Waals surface area (Å²) in [6.45, 7) is 5.14. The van der Waals surface area contributed by atoms with Gasteiger partial charge in [-0.2, -0.15) is 8.42 Å². The minimum Gasteiger partial charge on any atom is -0.493 e. The SMILES string of the molecule is CC(C)COc1cc(F)cc(-c2ccc(C(=O)NS(=O)(=O)c3cccc(N)n3)c(N3CCCC34CCC4)n2)c1.[HH].[HH]. The Hall–Kier alpha value is -3.73. The van der Waals surface area contributed by atoms with Crippen LogP contribution in [-0.2, 0) is 10.0 Å². The van der Waals surface area contributed by atoms with Gasteiger partial charge in [-0.1, -0.05) is 19.9 Å². The first kappa shape index (κ1) is 26.9. The highest BCUT2D eigenvalue weighted by molar-refractivity contribution is 7.90. The maximum absolute atomic E-state index is 14.5. The molecule has 1 saturated carbocycles. The zero-order valence-electron chi connectivity index (χ0n) is 22.0. The Morgan fingerprint density at radius 3 is 2.62 bits per heavy atom. The van der Waals surface area contributed by atoms with Crippen molar-refractivity contribution in [3.8, 4) is 17.0 Å². The number of amides is 1. The lowest BCUT2D eigenvalue weighted by Crippen LogP contribution is -2.50. The first-order chi connectivity index (χ1) is 18.6. The molecule has 5 rings (SSSR count). The van der Waals surface area contributed by atoms with Crippen LogP contribution >= 0.6 is 0 Å². The van der Waals surface area contributed by atoms with Crippen LogP contribution in [0.1, 0.15) is 59.2 Å². The van der Waals surface area contributed by atoms with Crippen LogP contribution in [-0.4, -0.2) is 43.0 Å². The summed E-state index contributed by atoms with van der Waals surface area (Å²) >= 11 is 0. The number of halogens is 1. The molecule has 210 valence electrons. The summed E-state index contributed by atoms with van der Waals surface area (Å²) in [4.78, 5) is 24.2. The van der Waals surface area contributed by atoms with Gasteiger partial charge in [0, 0.05) is 26.6 Å². The largest absolute Gasteiger partial charge is 0.493 e. The second-order valence-electron chi connectivity index (χ2n) is 10.6. The number of pyridine rings is 2. The molecule has 9 nitrogen and oxygen atoms in total. The van der Waals surface area contributed by atoms with Crippen molar-refractivity contribution in [2.75, 3.05) is 23.8 Å². The van der Waals surface area contributed by atoms with Gasteiger partial charge in [-0.25, -0.2) is 19.1 Å². The monoisotopic (exact) mass is 557 g/mol. The van der Waals surface area contributed by atoms with Gasteiger partial charge in [0.15, 0.2) is 5.03 Å². The van der Waals surface area contributed by atoms with E-state index in [0.717, 1.165) is 32.1 Å². The number of aromatic nitrogens is 2. The number of benzene rings is 1. The fraction of sp³-hybridized carbons (Fsp3) is 0.393. The maximum atomic E-state index is 14.5. The van der Waals surface area contributed by atoms with Crippen molar-refractivity contribution in [3.63, 3.8) is 0 Å². The molecule has 0 bridgehead atoms. The van der Waals surface area contributed by atoms with Crippen molar-refractivity contribution >= 4 is 27.6 Å². The van der Waals surface area contributed by atoms with Gasteiger partial charge in [0.05, 0.1) is 17.9 Å². The third-order valence-corrected chi connectivity index (χ3v) is 8.49. The number of nitrogens with zero attached hydrogens (tertiary/aromatic N) is 3. The number of ether oxygens (including phenoxy) is 1. The van der Waals surface area contributed by atoms with Gasteiger partial charge >= 0.3 is 0 Å². The normalized spacial score (nSPS) is 16.4. The summed E-state index contributed by atoms with van der Waals surface area (Å²) in [5, 5.41) is -0.354. The summed E-state index contributed by atoms with van der Waals surface area (Å²) in [6, 6.07) is 11.7. The number of nitrogens with one attached hydrogen (secondary N) is 1. The average Bonchev–Trinajstić information content (AvgIpc) is 3.33. The fourth-order valence-corrected chi connectivity index (χ4v) is 6.17. The molecular formula is C28H36FN5O4S. The van der Waals surface area contributed by atoms with Crippen LogP contribution in [0.3, 0.4) is 0 Å². The van der Waals surface area contributed by atoms with Crippen molar-refractivity contribution in [1.82, 2.24) is 14.7 Å². The molecule has 3 N–H and O–H groups in total. The summed E-state index contributed by atoms with van der Waals surface area (Å²) in [5.41, 5.74) is 6.61. The van der Waals surface area contributed by atoms with Gasteiger partial charge in [0.1, 0.15) is 23.2 Å². The number of carbonyl (C=O) groups excluding carboxylic acids is 1. The number of nitrogen functional groups attached to an aromatic ring is 1. The van der Waals surface area contributed by atoms with E-state index in [1.54, 1.807) is 18.2 Å². The molecule has 11 heteroatoms. The molecule has 1 aromatic carbocycles. The highest BCUT2D eigenvalue weighted by Crippen LogP contribution is 2.48. The molecule has 0 radical (unpaired) electrons. The van der Waals surface area contributed by atoms with E-state index in [9.17, 15) is 17.6 Å². The van der Waals surface area contributed by atoms with Crippen LogP contribution < -0.4 is 20.1 Å². The smallest absolute Gasteiger partial charge is 0.281 e. The maximum Gasteiger partial charge on any atom is 0.281 e. The van der Waals surface area contributed by atoms with E-state index >= 15 is 0 Å².